The topological polar surface area (TPSA) is 373 Å². The summed E-state index contributed by atoms with van der Waals surface area (Å²) in [5.74, 6) is -3.59. The van der Waals surface area contributed by atoms with Gasteiger partial charge in [-0.2, -0.15) is 40.5 Å². The zero-order valence-electron chi connectivity index (χ0n) is 80.8. The first-order chi connectivity index (χ1) is 65.5. The molecular formula is C97H122BCl3F3N15NaO18S3. The van der Waals surface area contributed by atoms with E-state index in [1.54, 1.807) is 80.1 Å². The summed E-state index contributed by atoms with van der Waals surface area (Å²) in [6, 6.07) is 40.2. The number of fused-ring (bicyclic) bond motifs is 3. The molecule has 3 aliphatic heterocycles. The van der Waals surface area contributed by atoms with Gasteiger partial charge in [0.2, 0.25) is 35.5 Å². The van der Waals surface area contributed by atoms with E-state index in [0.717, 1.165) is 85.4 Å². The number of carbonyl (C=O) groups excluding carboxylic acids is 12. The van der Waals surface area contributed by atoms with Gasteiger partial charge in [0.15, 0.2) is 0 Å². The Labute approximate surface area is 878 Å². The number of aryl methyl sites for hydroxylation is 2. The van der Waals surface area contributed by atoms with Gasteiger partial charge in [0.05, 0.1) is 38.8 Å². The van der Waals surface area contributed by atoms with Gasteiger partial charge >= 0.3 is 59.8 Å². The average Bonchev–Trinajstić information content (AvgIpc) is 0.823. The second-order valence-corrected chi connectivity index (χ2v) is 34.0. The van der Waals surface area contributed by atoms with E-state index in [-0.39, 0.29) is 191 Å². The second-order valence-electron chi connectivity index (χ2n) is 32.9. The number of likely N-dealkylation sites (N-methyl/N-ethyl adjacent to an activating group) is 3. The molecule has 12 rings (SSSR count). The van der Waals surface area contributed by atoms with E-state index in [9.17, 15) is 70.7 Å². The Hall–Kier alpha value is -10.8. The molecule has 141 heavy (non-hydrogen) atoms. The number of pyridine rings is 3. The van der Waals surface area contributed by atoms with Crippen LogP contribution in [0.2, 0.25) is 15.1 Å². The summed E-state index contributed by atoms with van der Waals surface area (Å²) in [6.07, 6.45) is 4.87. The van der Waals surface area contributed by atoms with Gasteiger partial charge in [0.25, 0.3) is 5.91 Å². The second kappa shape index (κ2) is 63.3. The molecule has 757 valence electrons. The largest absolute Gasteiger partial charge is 1.00 e. The molecule has 9 aromatic rings. The fourth-order valence-electron chi connectivity index (χ4n) is 14.7. The molecule has 4 N–H and O–H groups in total. The number of ether oxygens (including phenoxy) is 3. The number of halogens is 6. The van der Waals surface area contributed by atoms with Gasteiger partial charge < -0.3 is 61.6 Å². The van der Waals surface area contributed by atoms with Crippen LogP contribution in [0.25, 0.3) is 32.3 Å². The number of nitrogens with one attached hydrogen (secondary N) is 4. The van der Waals surface area contributed by atoms with Crippen LogP contribution in [0.5, 0.6) is 0 Å². The minimum absolute atomic E-state index is 0. The summed E-state index contributed by atoms with van der Waals surface area (Å²) < 4.78 is 61.8. The summed E-state index contributed by atoms with van der Waals surface area (Å²) in [7, 11) is 9.08. The smallest absolute Gasteiger partial charge is 0.793 e. The number of hydrogen-bond donors (Lipinski definition) is 4. The van der Waals surface area contributed by atoms with Crippen molar-refractivity contribution in [2.45, 2.75) is 143 Å². The van der Waals surface area contributed by atoms with Gasteiger partial charge in [-0.25, -0.2) is 61.9 Å². The van der Waals surface area contributed by atoms with Gasteiger partial charge in [-0.05, 0) is 130 Å². The fraction of sp³-hybridized carbons (Fsp3) is 0.412. The molecule has 0 unspecified atom stereocenters. The number of hydrogen-bond acceptors (Lipinski definition) is 24. The van der Waals surface area contributed by atoms with E-state index in [4.69, 9.17) is 49.0 Å². The number of aromatic nitrogens is 3. The van der Waals surface area contributed by atoms with Gasteiger partial charge in [-0.15, -0.1) is 0 Å². The van der Waals surface area contributed by atoms with Crippen molar-refractivity contribution in [2.75, 3.05) is 135 Å². The van der Waals surface area contributed by atoms with Crippen molar-refractivity contribution in [3.63, 3.8) is 0 Å². The summed E-state index contributed by atoms with van der Waals surface area (Å²) in [6.45, 7) is 20.2. The van der Waals surface area contributed by atoms with Crippen molar-refractivity contribution in [1.29, 1.82) is 0 Å². The van der Waals surface area contributed by atoms with Crippen LogP contribution in [0.4, 0.5) is 45.0 Å². The SMILES string of the molecule is CC(=O)OOC(C)=O.CC(C)N1CCN(C(=O)CC[C@@H](COC(=O)Nc2cc3ccccc3cn2)N(C)C(=O)CCc2cccc(F)c2Cl)CC1.CC(C)N1CCN(C(=O)CC[C@@H](COC(=O)Nc2cc3ccccc3cn2)N(C)C(=O)c2cccc(F)c2Cl)CC1.CN(C(=O)CCc1cccc(F)c1Cl)[C@@H](CCC(=O)N1CCNCC1)COC(=O)Nc1cc2ccccc2cn1.S.S.S.[B-]OC(C)=O.[Na+]. The molecule has 6 heterocycles. The first kappa shape index (κ1) is 123. The quantitative estimate of drug-likeness (QED) is 0.0141. The molecule has 44 heteroatoms. The van der Waals surface area contributed by atoms with E-state index < -0.39 is 77.7 Å². The van der Waals surface area contributed by atoms with Gasteiger partial charge in [-0.1, -0.05) is 138 Å². The molecule has 0 aliphatic carbocycles. The third-order valence-corrected chi connectivity index (χ3v) is 24.0. The maximum Gasteiger partial charge on any atom is 1.00 e. The Morgan fingerprint density at radius 1 is 0.411 bits per heavy atom. The van der Waals surface area contributed by atoms with Crippen LogP contribution in [-0.4, -0.2) is 284 Å². The molecule has 0 saturated carbocycles. The molecule has 0 bridgehead atoms. The van der Waals surface area contributed by atoms with Crippen LogP contribution in [0, 0.1) is 17.5 Å². The maximum atomic E-state index is 14.1. The number of anilines is 3. The first-order valence-corrected chi connectivity index (χ1v) is 45.8. The van der Waals surface area contributed by atoms with Crippen molar-refractivity contribution in [2.24, 2.45) is 0 Å². The Bertz CT molecular complexity index is 5620. The zero-order valence-corrected chi connectivity index (χ0v) is 88.0. The monoisotopic (exact) mass is 2080 g/mol. The third kappa shape index (κ3) is 40.9. The summed E-state index contributed by atoms with van der Waals surface area (Å²) in [4.78, 5) is 180. The Balaban J connectivity index is 0.000000408. The van der Waals surface area contributed by atoms with Crippen molar-refractivity contribution in [1.82, 2.24) is 59.5 Å². The number of amides is 9. The van der Waals surface area contributed by atoms with Crippen LogP contribution < -0.4 is 50.8 Å². The van der Waals surface area contributed by atoms with Crippen LogP contribution in [0.3, 0.4) is 0 Å². The number of rotatable bonds is 30. The van der Waals surface area contributed by atoms with E-state index >= 15 is 0 Å². The van der Waals surface area contributed by atoms with Gasteiger partial charge in [0, 0.05) is 199 Å². The Morgan fingerprint density at radius 2 is 0.709 bits per heavy atom. The Kier molecular flexibility index (Phi) is 55.0. The van der Waals surface area contributed by atoms with Crippen molar-refractivity contribution >= 4 is 205 Å². The fourth-order valence-corrected chi connectivity index (χ4v) is 15.3. The Morgan fingerprint density at radius 3 is 1.02 bits per heavy atom. The molecule has 9 amide bonds. The maximum absolute atomic E-state index is 14.1. The van der Waals surface area contributed by atoms with Gasteiger partial charge in [-0.3, -0.25) is 59.3 Å². The summed E-state index contributed by atoms with van der Waals surface area (Å²) >= 11 is 18.2. The molecule has 3 aromatic heterocycles. The summed E-state index contributed by atoms with van der Waals surface area (Å²) in [5, 5.41) is 16.3. The minimum atomic E-state index is -0.751. The van der Waals surface area contributed by atoms with Crippen LogP contribution >= 0.6 is 75.3 Å². The molecule has 3 saturated heterocycles. The van der Waals surface area contributed by atoms with Crippen LogP contribution in [0.1, 0.15) is 121 Å². The average molecular weight is 2080 g/mol. The summed E-state index contributed by atoms with van der Waals surface area (Å²) in [5.41, 5.74) is 1.06. The van der Waals surface area contributed by atoms with E-state index in [1.165, 1.54) is 59.0 Å². The molecular weight excluding hydrogens is 1960 g/mol. The number of nitrogens with zero attached hydrogens (tertiary/aromatic N) is 11. The van der Waals surface area contributed by atoms with E-state index in [2.05, 4.69) is 96.2 Å². The molecule has 33 nitrogen and oxygen atoms in total. The first-order valence-electron chi connectivity index (χ1n) is 44.7. The van der Waals surface area contributed by atoms with Crippen molar-refractivity contribution in [3.8, 4) is 0 Å². The van der Waals surface area contributed by atoms with E-state index in [1.807, 2.05) is 82.6 Å². The van der Waals surface area contributed by atoms with Crippen LogP contribution in [0.15, 0.2) is 164 Å². The molecule has 6 aromatic carbocycles. The number of carbonyl (C=O) groups is 12. The molecule has 0 spiro atoms. The predicted molar refractivity (Wildman–Crippen MR) is 546 cm³/mol. The number of benzene rings is 6. The van der Waals surface area contributed by atoms with Crippen molar-refractivity contribution < 1.29 is 129 Å². The number of piperazine rings is 3. The standard InChI is InChI=1S/C32H39ClFN5O4.C30H35ClFN5O4.C29H33ClFN5O4.C4H6O4.C2H3BO2.Na.3H2S/c1-22(2)38-15-17-39(18-16-38)30(41)14-12-26(37(3)29(40)13-11-23-9-6-10-27(34)31(23)33)21-43-32(42)36-28-19-24-7-4-5-8-25(24)20-35-28;1-20(2)36-13-15-37(16-14-36)27(38)12-11-23(35(3)29(39)24-9-6-10-25(32)28(24)31)19-41-30(40)34-26-17-21-7-4-5-8-22(21)18-33-26;1-35(26(37)11-9-20-7-4-8-24(31)28(20)30)23(10-12-27(38)36-15-13-32-14-16-36)19-40-29(39)34-25-17-21-5-2-3-6-22(21)18-33-25;1-3(5)7-8-4(2)6;1-2(4)5-3;;;;/h4-10,19-20,22,26H,11-18,21H2,1-3H3,(H,35,36,42);4-10,17-18,20,23H,11-16,19H2,1-3H3,(H,33,34,40);2-8,17-18,23,32H,9-16,19H2,1H3,(H,33,34,39);1-2H3;1H3;;3*1H2/q;;;;-1;+1;;;/t26-;2*23-;;;;;;/m000....../s1. The van der Waals surface area contributed by atoms with E-state index in [0.29, 0.717) is 92.8 Å². The minimum Gasteiger partial charge on any atom is -0.793 e. The van der Waals surface area contributed by atoms with Crippen molar-refractivity contribution in [3.05, 3.63) is 213 Å². The zero-order chi connectivity index (χ0) is 99.8. The third-order valence-electron chi connectivity index (χ3n) is 22.8. The predicted octanol–water partition coefficient (Wildman–Crippen LogP) is 11.7. The molecule has 3 aliphatic rings. The van der Waals surface area contributed by atoms with Crippen LogP contribution in [-0.2, 0) is 79.8 Å². The normalized spacial score (nSPS) is 13.3. The van der Waals surface area contributed by atoms with Gasteiger partial charge in [0.1, 0.15) is 54.7 Å². The molecule has 3 radical (unpaired) electrons. The molecule has 3 atom stereocenters. The molecule has 3 fully saturated rings.